The van der Waals surface area contributed by atoms with Crippen molar-refractivity contribution < 1.29 is 24.7 Å². The molecule has 1 aliphatic rings. The number of carbonyl (C=O) groups is 3. The Labute approximate surface area is 179 Å². The molecule has 0 aromatic heterocycles. The zero-order chi connectivity index (χ0) is 22.4. The molecule has 9 heteroatoms. The minimum atomic E-state index is -1.06. The van der Waals surface area contributed by atoms with Crippen LogP contribution in [0.2, 0.25) is 0 Å². The summed E-state index contributed by atoms with van der Waals surface area (Å²) in [6, 6.07) is 14.1. The van der Waals surface area contributed by atoms with E-state index < -0.39 is 23.9 Å². The van der Waals surface area contributed by atoms with Gasteiger partial charge in [-0.2, -0.15) is 0 Å². The number of aliphatic carboxylic acids is 1. The van der Waals surface area contributed by atoms with E-state index in [9.17, 15) is 19.5 Å². The van der Waals surface area contributed by atoms with Crippen molar-refractivity contribution in [3.63, 3.8) is 0 Å². The lowest BCUT2D eigenvalue weighted by molar-refractivity contribution is -0.149. The fourth-order valence-electron chi connectivity index (χ4n) is 3.71. The number of hydrogen-bond donors (Lipinski definition) is 4. The third-order valence-electron chi connectivity index (χ3n) is 5.23. The molecule has 0 saturated carbocycles. The molecule has 2 aromatic carbocycles. The van der Waals surface area contributed by atoms with Crippen LogP contribution in [0.1, 0.15) is 36.9 Å². The summed E-state index contributed by atoms with van der Waals surface area (Å²) in [5, 5.41) is 26.6. The van der Waals surface area contributed by atoms with E-state index in [-0.39, 0.29) is 12.6 Å². The number of hydrogen-bond acceptors (Lipinski definition) is 5. The van der Waals surface area contributed by atoms with Crippen LogP contribution in [-0.4, -0.2) is 51.4 Å². The normalized spacial score (nSPS) is 18.5. The van der Waals surface area contributed by atoms with Gasteiger partial charge < -0.3 is 25.8 Å². The predicted octanol–water partition coefficient (Wildman–Crippen LogP) is 2.82. The Morgan fingerprint density at radius 2 is 1.84 bits per heavy atom. The van der Waals surface area contributed by atoms with Crippen molar-refractivity contribution in [2.45, 2.75) is 31.8 Å². The molecule has 0 radical (unpaired) electrons. The van der Waals surface area contributed by atoms with Crippen LogP contribution in [0.4, 0.5) is 10.5 Å². The molecule has 4 N–H and O–H groups in total. The topological polar surface area (TPSA) is 131 Å². The molecule has 1 saturated heterocycles. The zero-order valence-electron chi connectivity index (χ0n) is 17.0. The van der Waals surface area contributed by atoms with Crippen LogP contribution in [0, 0.1) is 0 Å². The van der Waals surface area contributed by atoms with Crippen molar-refractivity contribution in [3.05, 3.63) is 65.7 Å². The fourth-order valence-corrected chi connectivity index (χ4v) is 3.71. The van der Waals surface area contributed by atoms with E-state index in [1.807, 2.05) is 30.3 Å². The Bertz CT molecular complexity index is 992. The lowest BCUT2D eigenvalue weighted by atomic mass is 10.0. The number of carbonyl (C=O) groups excluding carboxylic acids is 2. The van der Waals surface area contributed by atoms with Gasteiger partial charge in [0.25, 0.3) is 0 Å². The van der Waals surface area contributed by atoms with Crippen LogP contribution in [-0.2, 0) is 9.59 Å². The number of amides is 3. The smallest absolute Gasteiger partial charge is 0.326 e. The highest BCUT2D eigenvalue weighted by Gasteiger charge is 2.41. The molecule has 1 fully saturated rings. The average Bonchev–Trinajstić information content (AvgIpc) is 3.23. The van der Waals surface area contributed by atoms with Gasteiger partial charge in [0.1, 0.15) is 6.04 Å². The molecular formula is C22H24N4O5. The molecule has 9 nitrogen and oxygen atoms in total. The van der Waals surface area contributed by atoms with Crippen molar-refractivity contribution in [2.75, 3.05) is 11.9 Å². The first-order valence-electron chi connectivity index (χ1n) is 9.83. The number of nitrogens with zero attached hydrogens (tertiary/aromatic N) is 2. The second-order valence-corrected chi connectivity index (χ2v) is 7.23. The van der Waals surface area contributed by atoms with Crippen LogP contribution in [0.3, 0.4) is 0 Å². The summed E-state index contributed by atoms with van der Waals surface area (Å²) in [6.45, 7) is 1.28. The Morgan fingerprint density at radius 3 is 2.52 bits per heavy atom. The molecule has 1 aliphatic heterocycles. The summed E-state index contributed by atoms with van der Waals surface area (Å²) in [4.78, 5) is 38.1. The first-order chi connectivity index (χ1) is 14.9. The van der Waals surface area contributed by atoms with Crippen molar-refractivity contribution in [1.29, 1.82) is 0 Å². The Morgan fingerprint density at radius 1 is 1.10 bits per heavy atom. The van der Waals surface area contributed by atoms with E-state index in [2.05, 4.69) is 15.8 Å². The number of urea groups is 1. The van der Waals surface area contributed by atoms with E-state index >= 15 is 0 Å². The summed E-state index contributed by atoms with van der Waals surface area (Å²) in [7, 11) is 0. The molecule has 31 heavy (non-hydrogen) atoms. The molecule has 0 spiro atoms. The van der Waals surface area contributed by atoms with Crippen molar-refractivity contribution >= 4 is 29.3 Å². The number of rotatable bonds is 6. The van der Waals surface area contributed by atoms with Crippen molar-refractivity contribution in [3.8, 4) is 0 Å². The minimum absolute atomic E-state index is 0.338. The molecule has 3 rings (SSSR count). The fraction of sp³-hybridized carbons (Fsp3) is 0.273. The van der Waals surface area contributed by atoms with Crippen LogP contribution < -0.4 is 10.6 Å². The van der Waals surface area contributed by atoms with Gasteiger partial charge in [-0.25, -0.2) is 9.59 Å². The maximum atomic E-state index is 12.9. The Kier molecular flexibility index (Phi) is 6.86. The molecule has 3 amide bonds. The quantitative estimate of drug-likeness (QED) is 0.322. The molecule has 2 aromatic rings. The van der Waals surface area contributed by atoms with E-state index in [4.69, 9.17) is 5.21 Å². The molecular weight excluding hydrogens is 400 g/mol. The van der Waals surface area contributed by atoms with Crippen LogP contribution in [0.5, 0.6) is 0 Å². The predicted molar refractivity (Wildman–Crippen MR) is 114 cm³/mol. The molecule has 2 atom stereocenters. The summed E-state index contributed by atoms with van der Waals surface area (Å²) in [5.74, 6) is -1.53. The maximum Gasteiger partial charge on any atom is 0.326 e. The summed E-state index contributed by atoms with van der Waals surface area (Å²) < 4.78 is 0. The van der Waals surface area contributed by atoms with Gasteiger partial charge in [-0.15, -0.1) is 0 Å². The minimum Gasteiger partial charge on any atom is -0.480 e. The summed E-state index contributed by atoms with van der Waals surface area (Å²) in [5.41, 5.74) is 2.34. The number of nitrogens with one attached hydrogen (secondary N) is 2. The average molecular weight is 424 g/mol. The SMILES string of the molecule is CC(=NO)c1cccc(NC(=O)NCC(=O)N2[C@@H](C(=O)O)CC[C@@H]2c2ccccc2)c1. The molecule has 0 unspecified atom stereocenters. The van der Waals surface area contributed by atoms with E-state index in [0.717, 1.165) is 5.56 Å². The number of oxime groups is 1. The monoisotopic (exact) mass is 424 g/mol. The number of carboxylic acid groups (broad SMARTS) is 1. The van der Waals surface area contributed by atoms with Gasteiger partial charge in [0, 0.05) is 11.3 Å². The zero-order valence-corrected chi connectivity index (χ0v) is 17.0. The van der Waals surface area contributed by atoms with Gasteiger partial charge in [0.15, 0.2) is 0 Å². The number of anilines is 1. The third kappa shape index (κ3) is 5.19. The first-order valence-corrected chi connectivity index (χ1v) is 9.83. The van der Waals surface area contributed by atoms with Gasteiger partial charge in [0.05, 0.1) is 18.3 Å². The lowest BCUT2D eigenvalue weighted by Gasteiger charge is -2.28. The van der Waals surface area contributed by atoms with Gasteiger partial charge in [-0.1, -0.05) is 47.6 Å². The van der Waals surface area contributed by atoms with E-state index in [1.165, 1.54) is 4.90 Å². The van der Waals surface area contributed by atoms with Gasteiger partial charge in [0.2, 0.25) is 5.91 Å². The van der Waals surface area contributed by atoms with Gasteiger partial charge in [-0.05, 0) is 37.5 Å². The van der Waals surface area contributed by atoms with Gasteiger partial charge in [-0.3, -0.25) is 4.79 Å². The first kappa shape index (κ1) is 21.8. The van der Waals surface area contributed by atoms with Crippen molar-refractivity contribution in [1.82, 2.24) is 10.2 Å². The standard InChI is InChI=1S/C22H24N4O5/c1-14(25-31)16-8-5-9-17(12-16)24-22(30)23-13-20(27)26-18(10-11-19(26)21(28)29)15-6-3-2-4-7-15/h2-9,12,18-19,31H,10-11,13H2,1H3,(H,28,29)(H2,23,24,30)/t18-,19-/m1/s1. The highest BCUT2D eigenvalue weighted by Crippen LogP contribution is 2.36. The highest BCUT2D eigenvalue weighted by atomic mass is 16.4. The Balaban J connectivity index is 1.65. The third-order valence-corrected chi connectivity index (χ3v) is 5.23. The lowest BCUT2D eigenvalue weighted by Crippen LogP contribution is -2.47. The molecule has 0 aliphatic carbocycles. The second-order valence-electron chi connectivity index (χ2n) is 7.23. The summed E-state index contributed by atoms with van der Waals surface area (Å²) >= 11 is 0. The van der Waals surface area contributed by atoms with Crippen LogP contribution in [0.15, 0.2) is 59.8 Å². The van der Waals surface area contributed by atoms with Gasteiger partial charge >= 0.3 is 12.0 Å². The highest BCUT2D eigenvalue weighted by molar-refractivity contribution is 6.00. The molecule has 162 valence electrons. The van der Waals surface area contributed by atoms with E-state index in [1.54, 1.807) is 31.2 Å². The molecule has 0 bridgehead atoms. The van der Waals surface area contributed by atoms with Crippen molar-refractivity contribution in [2.24, 2.45) is 5.16 Å². The van der Waals surface area contributed by atoms with E-state index in [0.29, 0.717) is 29.8 Å². The summed E-state index contributed by atoms with van der Waals surface area (Å²) in [6.07, 6.45) is 0.892. The number of carboxylic acids is 1. The number of benzene rings is 2. The number of likely N-dealkylation sites (tertiary alicyclic amines) is 1. The van der Waals surface area contributed by atoms with Crippen LogP contribution in [0.25, 0.3) is 0 Å². The van der Waals surface area contributed by atoms with Crippen LogP contribution >= 0.6 is 0 Å². The maximum absolute atomic E-state index is 12.9. The molecule has 1 heterocycles. The largest absolute Gasteiger partial charge is 0.480 e. The Hall–Kier alpha value is -3.88. The second kappa shape index (κ2) is 9.75.